The minimum atomic E-state index is 0.613. The lowest BCUT2D eigenvalue weighted by Crippen LogP contribution is -2.03. The zero-order valence-corrected chi connectivity index (χ0v) is 9.66. The van der Waals surface area contributed by atoms with Crippen LogP contribution in [0.25, 0.3) is 10.9 Å². The Hall–Kier alpha value is -1.16. The maximum absolute atomic E-state index is 4.29. The predicted octanol–water partition coefficient (Wildman–Crippen LogP) is 2.97. The van der Waals surface area contributed by atoms with Crippen molar-refractivity contribution in [1.82, 2.24) is 9.97 Å². The van der Waals surface area contributed by atoms with Crippen LogP contribution in [0.15, 0.2) is 29.0 Å². The summed E-state index contributed by atoms with van der Waals surface area (Å²) in [5.41, 5.74) is 0.983. The molecule has 3 nitrogen and oxygen atoms in total. The van der Waals surface area contributed by atoms with Crippen LogP contribution in [0.5, 0.6) is 0 Å². The Bertz CT molecular complexity index is 508. The molecule has 1 aliphatic rings. The fourth-order valence-corrected chi connectivity index (χ4v) is 1.93. The highest BCUT2D eigenvalue weighted by molar-refractivity contribution is 9.10. The van der Waals surface area contributed by atoms with Crippen LogP contribution in [-0.4, -0.2) is 16.0 Å². The summed E-state index contributed by atoms with van der Waals surface area (Å²) in [5, 5.41) is 4.50. The fourth-order valence-electron chi connectivity index (χ4n) is 1.56. The van der Waals surface area contributed by atoms with Gasteiger partial charge in [-0.1, -0.05) is 15.9 Å². The highest BCUT2D eigenvalue weighted by Crippen LogP contribution is 2.28. The molecule has 0 amide bonds. The molecule has 2 aromatic rings. The lowest BCUT2D eigenvalue weighted by Gasteiger charge is -2.06. The van der Waals surface area contributed by atoms with Gasteiger partial charge in [-0.2, -0.15) is 0 Å². The van der Waals surface area contributed by atoms with Gasteiger partial charge in [-0.3, -0.25) is 0 Å². The summed E-state index contributed by atoms with van der Waals surface area (Å²) in [4.78, 5) is 8.52. The quantitative estimate of drug-likeness (QED) is 0.906. The van der Waals surface area contributed by atoms with Crippen LogP contribution in [0.2, 0.25) is 0 Å². The smallest absolute Gasteiger partial charge is 0.137 e. The third-order valence-corrected chi connectivity index (χ3v) is 3.01. The topological polar surface area (TPSA) is 37.8 Å². The van der Waals surface area contributed by atoms with Crippen molar-refractivity contribution in [3.63, 3.8) is 0 Å². The normalized spacial score (nSPS) is 15.5. The number of nitrogens with zero attached hydrogens (tertiary/aromatic N) is 2. The summed E-state index contributed by atoms with van der Waals surface area (Å²) in [6, 6.07) is 6.66. The Balaban J connectivity index is 2.13. The van der Waals surface area contributed by atoms with Gasteiger partial charge in [-0.15, -0.1) is 0 Å². The van der Waals surface area contributed by atoms with Gasteiger partial charge in [-0.25, -0.2) is 9.97 Å². The van der Waals surface area contributed by atoms with E-state index in [1.807, 2.05) is 12.1 Å². The van der Waals surface area contributed by atoms with Crippen LogP contribution < -0.4 is 5.32 Å². The van der Waals surface area contributed by atoms with E-state index in [4.69, 9.17) is 0 Å². The van der Waals surface area contributed by atoms with E-state index < -0.39 is 0 Å². The highest BCUT2D eigenvalue weighted by Gasteiger charge is 2.22. The Morgan fingerprint density at radius 2 is 2.13 bits per heavy atom. The Morgan fingerprint density at radius 1 is 1.27 bits per heavy atom. The Morgan fingerprint density at radius 3 is 2.93 bits per heavy atom. The number of halogens is 1. The number of fused-ring (bicyclic) bond motifs is 1. The Kier molecular flexibility index (Phi) is 2.09. The third-order valence-electron chi connectivity index (χ3n) is 2.52. The fraction of sp³-hybridized carbons (Fsp3) is 0.273. The van der Waals surface area contributed by atoms with Gasteiger partial charge in [0, 0.05) is 15.9 Å². The second kappa shape index (κ2) is 3.45. The van der Waals surface area contributed by atoms with Crippen molar-refractivity contribution in [3.8, 4) is 0 Å². The standard InChI is InChI=1S/C11H10BrN3/c12-7-1-4-10-9(5-7)11(14-6-13-10)15-8-2-3-8/h1,4-6,8H,2-3H2,(H,13,14,15). The van der Waals surface area contributed by atoms with Crippen LogP contribution in [-0.2, 0) is 0 Å². The van der Waals surface area contributed by atoms with Gasteiger partial charge in [0.05, 0.1) is 5.52 Å². The number of aromatic nitrogens is 2. The molecule has 15 heavy (non-hydrogen) atoms. The number of hydrogen-bond acceptors (Lipinski definition) is 3. The van der Waals surface area contributed by atoms with Gasteiger partial charge in [0.1, 0.15) is 12.1 Å². The number of benzene rings is 1. The molecule has 0 bridgehead atoms. The lowest BCUT2D eigenvalue weighted by atomic mass is 10.2. The molecule has 1 aromatic carbocycles. The number of rotatable bonds is 2. The van der Waals surface area contributed by atoms with E-state index in [0.29, 0.717) is 6.04 Å². The van der Waals surface area contributed by atoms with Crippen molar-refractivity contribution < 1.29 is 0 Å². The minimum absolute atomic E-state index is 0.613. The molecule has 0 saturated heterocycles. The summed E-state index contributed by atoms with van der Waals surface area (Å²) in [5.74, 6) is 0.948. The van der Waals surface area contributed by atoms with E-state index in [0.717, 1.165) is 21.2 Å². The predicted molar refractivity (Wildman–Crippen MR) is 63.9 cm³/mol. The molecule has 3 rings (SSSR count). The average Bonchev–Trinajstić information content (AvgIpc) is 3.03. The van der Waals surface area contributed by atoms with Gasteiger partial charge in [0.15, 0.2) is 0 Å². The second-order valence-electron chi connectivity index (χ2n) is 3.80. The van der Waals surface area contributed by atoms with E-state index in [-0.39, 0.29) is 0 Å². The lowest BCUT2D eigenvalue weighted by molar-refractivity contribution is 1.10. The van der Waals surface area contributed by atoms with E-state index >= 15 is 0 Å². The molecule has 1 fully saturated rings. The maximum atomic E-state index is 4.29. The van der Waals surface area contributed by atoms with Crippen LogP contribution in [0.4, 0.5) is 5.82 Å². The minimum Gasteiger partial charge on any atom is -0.367 e. The molecule has 0 atom stereocenters. The van der Waals surface area contributed by atoms with Gasteiger partial charge in [-0.05, 0) is 31.0 Å². The number of hydrogen-bond donors (Lipinski definition) is 1. The van der Waals surface area contributed by atoms with Crippen molar-refractivity contribution in [1.29, 1.82) is 0 Å². The van der Waals surface area contributed by atoms with Gasteiger partial charge < -0.3 is 5.32 Å². The van der Waals surface area contributed by atoms with Crippen molar-refractivity contribution in [2.45, 2.75) is 18.9 Å². The molecular weight excluding hydrogens is 254 g/mol. The summed E-state index contributed by atoms with van der Waals surface area (Å²) in [6.45, 7) is 0. The molecule has 0 spiro atoms. The van der Waals surface area contributed by atoms with Crippen LogP contribution >= 0.6 is 15.9 Å². The zero-order chi connectivity index (χ0) is 10.3. The second-order valence-corrected chi connectivity index (χ2v) is 4.72. The Labute approximate surface area is 96.1 Å². The van der Waals surface area contributed by atoms with Crippen molar-refractivity contribution in [2.24, 2.45) is 0 Å². The first-order valence-corrected chi connectivity index (χ1v) is 5.79. The number of anilines is 1. The molecule has 0 radical (unpaired) electrons. The number of nitrogens with one attached hydrogen (secondary N) is 1. The van der Waals surface area contributed by atoms with Crippen LogP contribution in [0, 0.1) is 0 Å². The summed E-state index contributed by atoms with van der Waals surface area (Å²) in [7, 11) is 0. The van der Waals surface area contributed by atoms with Crippen molar-refractivity contribution in [2.75, 3.05) is 5.32 Å². The summed E-state index contributed by atoms with van der Waals surface area (Å²) < 4.78 is 1.06. The first kappa shape index (κ1) is 9.09. The molecule has 1 aromatic heterocycles. The maximum Gasteiger partial charge on any atom is 0.137 e. The van der Waals surface area contributed by atoms with Crippen LogP contribution in [0.3, 0.4) is 0 Å². The van der Waals surface area contributed by atoms with E-state index in [1.54, 1.807) is 6.33 Å². The molecular formula is C11H10BrN3. The van der Waals surface area contributed by atoms with E-state index in [9.17, 15) is 0 Å². The first-order chi connectivity index (χ1) is 7.33. The first-order valence-electron chi connectivity index (χ1n) is 5.00. The largest absolute Gasteiger partial charge is 0.367 e. The van der Waals surface area contributed by atoms with Crippen molar-refractivity contribution in [3.05, 3.63) is 29.0 Å². The molecule has 1 aliphatic carbocycles. The molecule has 0 aliphatic heterocycles. The molecule has 4 heteroatoms. The monoisotopic (exact) mass is 263 g/mol. The molecule has 76 valence electrons. The zero-order valence-electron chi connectivity index (χ0n) is 8.07. The molecule has 1 saturated carbocycles. The molecule has 0 unspecified atom stereocenters. The molecule has 1 heterocycles. The third kappa shape index (κ3) is 1.81. The van der Waals surface area contributed by atoms with E-state index in [1.165, 1.54) is 12.8 Å². The molecule has 1 N–H and O–H groups in total. The van der Waals surface area contributed by atoms with Gasteiger partial charge >= 0.3 is 0 Å². The van der Waals surface area contributed by atoms with E-state index in [2.05, 4.69) is 37.3 Å². The summed E-state index contributed by atoms with van der Waals surface area (Å²) in [6.07, 6.45) is 4.11. The van der Waals surface area contributed by atoms with Gasteiger partial charge in [0.2, 0.25) is 0 Å². The van der Waals surface area contributed by atoms with Gasteiger partial charge in [0.25, 0.3) is 0 Å². The van der Waals surface area contributed by atoms with Crippen LogP contribution in [0.1, 0.15) is 12.8 Å². The average molecular weight is 264 g/mol. The SMILES string of the molecule is Brc1ccc2ncnc(NC3CC3)c2c1. The highest BCUT2D eigenvalue weighted by atomic mass is 79.9. The van der Waals surface area contributed by atoms with Crippen molar-refractivity contribution >= 4 is 32.7 Å². The summed E-state index contributed by atoms with van der Waals surface area (Å²) >= 11 is 3.47.